The Morgan fingerprint density at radius 3 is 2.83 bits per heavy atom. The first-order valence-electron chi connectivity index (χ1n) is 3.65. The van der Waals surface area contributed by atoms with E-state index in [-0.39, 0.29) is 18.1 Å². The van der Waals surface area contributed by atoms with Gasteiger partial charge in [0.1, 0.15) is 5.82 Å². The molecule has 2 nitrogen and oxygen atoms in total. The lowest BCUT2D eigenvalue weighted by atomic mass is 10.0. The lowest BCUT2D eigenvalue weighted by Gasteiger charge is -2.02. The summed E-state index contributed by atoms with van der Waals surface area (Å²) in [5, 5.41) is 0. The van der Waals surface area contributed by atoms with Crippen LogP contribution >= 0.6 is 0 Å². The summed E-state index contributed by atoms with van der Waals surface area (Å²) in [6.07, 6.45) is 0. The molecule has 2 N–H and O–H groups in total. The molecule has 0 fully saturated rings. The van der Waals surface area contributed by atoms with Crippen LogP contribution < -0.4 is 5.73 Å². The van der Waals surface area contributed by atoms with E-state index in [1.165, 1.54) is 12.1 Å². The third-order valence-corrected chi connectivity index (χ3v) is 1.75. The van der Waals surface area contributed by atoms with E-state index in [9.17, 15) is 9.18 Å². The molecule has 0 amide bonds. The van der Waals surface area contributed by atoms with Crippen molar-refractivity contribution >= 4 is 5.78 Å². The van der Waals surface area contributed by atoms with Crippen molar-refractivity contribution < 1.29 is 9.18 Å². The first-order valence-corrected chi connectivity index (χ1v) is 3.65. The molecule has 0 saturated heterocycles. The van der Waals surface area contributed by atoms with Crippen molar-refractivity contribution in [1.29, 1.82) is 0 Å². The second-order valence-electron chi connectivity index (χ2n) is 2.54. The minimum Gasteiger partial charge on any atom is -0.324 e. The predicted octanol–water partition coefficient (Wildman–Crippen LogP) is 1.28. The van der Waals surface area contributed by atoms with E-state index in [0.29, 0.717) is 11.1 Å². The third-order valence-electron chi connectivity index (χ3n) is 1.75. The zero-order valence-corrected chi connectivity index (χ0v) is 6.80. The van der Waals surface area contributed by atoms with Crippen LogP contribution in [0.2, 0.25) is 0 Å². The molecule has 3 heteroatoms. The van der Waals surface area contributed by atoms with Gasteiger partial charge in [-0.05, 0) is 18.6 Å². The maximum absolute atomic E-state index is 12.9. The number of carbonyl (C=O) groups excluding carboxylic acids is 1. The van der Waals surface area contributed by atoms with Crippen LogP contribution in [0.4, 0.5) is 4.39 Å². The minimum atomic E-state index is -0.366. The molecule has 0 aromatic heterocycles. The highest BCUT2D eigenvalue weighted by Crippen LogP contribution is 2.11. The van der Waals surface area contributed by atoms with Crippen molar-refractivity contribution in [2.45, 2.75) is 6.92 Å². The maximum Gasteiger partial charge on any atom is 0.176 e. The average Bonchev–Trinajstić information content (AvgIpc) is 2.08. The van der Waals surface area contributed by atoms with Crippen LogP contribution in [0.25, 0.3) is 0 Å². The van der Waals surface area contributed by atoms with Gasteiger partial charge in [0.15, 0.2) is 5.78 Å². The second kappa shape index (κ2) is 3.45. The number of hydrogen-bond acceptors (Lipinski definition) is 2. The molecule has 1 rings (SSSR count). The number of ketones is 1. The summed E-state index contributed by atoms with van der Waals surface area (Å²) in [6.45, 7) is 1.49. The first-order chi connectivity index (χ1) is 5.66. The van der Waals surface area contributed by atoms with Crippen LogP contribution in [0.1, 0.15) is 15.9 Å². The Kier molecular flexibility index (Phi) is 2.55. The number of rotatable bonds is 2. The van der Waals surface area contributed by atoms with Crippen LogP contribution in [-0.4, -0.2) is 12.3 Å². The van der Waals surface area contributed by atoms with E-state index in [2.05, 4.69) is 0 Å². The van der Waals surface area contributed by atoms with E-state index in [1.807, 2.05) is 0 Å². The summed E-state index contributed by atoms with van der Waals surface area (Å²) >= 11 is 0. The minimum absolute atomic E-state index is 0.0791. The summed E-state index contributed by atoms with van der Waals surface area (Å²) in [6, 6.07) is 4.40. The number of carbonyl (C=O) groups is 1. The van der Waals surface area contributed by atoms with Crippen LogP contribution in [0.15, 0.2) is 18.2 Å². The largest absolute Gasteiger partial charge is 0.324 e. The molecular weight excluding hydrogens is 157 g/mol. The molecule has 1 aromatic rings. The molecule has 0 bridgehead atoms. The summed E-state index contributed by atoms with van der Waals surface area (Å²) in [4.78, 5) is 11.1. The van der Waals surface area contributed by atoms with Crippen molar-refractivity contribution in [2.75, 3.05) is 6.54 Å². The quantitative estimate of drug-likeness (QED) is 0.674. The molecule has 1 aromatic carbocycles. The Hall–Kier alpha value is -1.22. The molecular formula is C9H10FNO. The van der Waals surface area contributed by atoms with E-state index in [1.54, 1.807) is 13.0 Å². The predicted molar refractivity (Wildman–Crippen MR) is 44.5 cm³/mol. The Balaban J connectivity index is 3.16. The number of halogens is 1. The Morgan fingerprint density at radius 2 is 2.25 bits per heavy atom. The molecule has 0 atom stereocenters. The monoisotopic (exact) mass is 167 g/mol. The molecule has 0 aliphatic heterocycles. The van der Waals surface area contributed by atoms with Gasteiger partial charge in [0.05, 0.1) is 6.54 Å². The second-order valence-corrected chi connectivity index (χ2v) is 2.54. The highest BCUT2D eigenvalue weighted by molar-refractivity contribution is 5.98. The fourth-order valence-electron chi connectivity index (χ4n) is 1.02. The molecule has 0 heterocycles. The lowest BCUT2D eigenvalue weighted by molar-refractivity contribution is 0.100. The average molecular weight is 167 g/mol. The molecule has 0 radical (unpaired) electrons. The van der Waals surface area contributed by atoms with E-state index in [4.69, 9.17) is 5.73 Å². The van der Waals surface area contributed by atoms with Gasteiger partial charge in [-0.25, -0.2) is 4.39 Å². The molecule has 12 heavy (non-hydrogen) atoms. The van der Waals surface area contributed by atoms with E-state index < -0.39 is 0 Å². The van der Waals surface area contributed by atoms with Gasteiger partial charge in [-0.15, -0.1) is 0 Å². The highest BCUT2D eigenvalue weighted by atomic mass is 19.1. The van der Waals surface area contributed by atoms with Crippen LogP contribution in [0, 0.1) is 12.7 Å². The summed E-state index contributed by atoms with van der Waals surface area (Å²) < 4.78 is 12.9. The van der Waals surface area contributed by atoms with Crippen molar-refractivity contribution in [3.8, 4) is 0 Å². The normalized spacial score (nSPS) is 9.92. The molecule has 64 valence electrons. The number of nitrogens with two attached hydrogens (primary N) is 1. The van der Waals surface area contributed by atoms with Gasteiger partial charge in [-0.2, -0.15) is 0 Å². The van der Waals surface area contributed by atoms with Crippen molar-refractivity contribution in [3.05, 3.63) is 35.1 Å². The van der Waals surface area contributed by atoms with Gasteiger partial charge in [0.2, 0.25) is 0 Å². The van der Waals surface area contributed by atoms with Gasteiger partial charge in [0.25, 0.3) is 0 Å². The SMILES string of the molecule is Cc1c(F)cccc1C(=O)CN. The molecule has 0 saturated carbocycles. The molecule has 0 aliphatic carbocycles. The molecule has 0 spiro atoms. The smallest absolute Gasteiger partial charge is 0.176 e. The number of Topliss-reactive ketones (excluding diaryl/α,β-unsaturated/α-hetero) is 1. The van der Waals surface area contributed by atoms with Crippen LogP contribution in [0.3, 0.4) is 0 Å². The number of benzene rings is 1. The van der Waals surface area contributed by atoms with Crippen molar-refractivity contribution in [3.63, 3.8) is 0 Å². The van der Waals surface area contributed by atoms with E-state index in [0.717, 1.165) is 0 Å². The summed E-state index contributed by atoms with van der Waals surface area (Å²) in [7, 11) is 0. The Labute approximate surface area is 70.2 Å². The Bertz CT molecular complexity index is 309. The summed E-state index contributed by atoms with van der Waals surface area (Å²) in [5.74, 6) is -0.596. The third kappa shape index (κ3) is 1.51. The van der Waals surface area contributed by atoms with Crippen molar-refractivity contribution in [1.82, 2.24) is 0 Å². The van der Waals surface area contributed by atoms with Gasteiger partial charge in [-0.3, -0.25) is 4.79 Å². The highest BCUT2D eigenvalue weighted by Gasteiger charge is 2.08. The van der Waals surface area contributed by atoms with Crippen molar-refractivity contribution in [2.24, 2.45) is 5.73 Å². The van der Waals surface area contributed by atoms with Gasteiger partial charge in [0, 0.05) is 5.56 Å². The van der Waals surface area contributed by atoms with Gasteiger partial charge in [-0.1, -0.05) is 12.1 Å². The Morgan fingerprint density at radius 1 is 1.58 bits per heavy atom. The summed E-state index contributed by atoms with van der Waals surface area (Å²) in [5.41, 5.74) is 5.89. The molecule has 0 unspecified atom stereocenters. The van der Waals surface area contributed by atoms with Gasteiger partial charge >= 0.3 is 0 Å². The zero-order chi connectivity index (χ0) is 9.14. The fourth-order valence-corrected chi connectivity index (χ4v) is 1.02. The number of hydrogen-bond donors (Lipinski definition) is 1. The standard InChI is InChI=1S/C9H10FNO/c1-6-7(9(12)5-11)3-2-4-8(6)10/h2-4H,5,11H2,1H3. The van der Waals surface area contributed by atoms with Crippen LogP contribution in [0.5, 0.6) is 0 Å². The molecule has 0 aliphatic rings. The topological polar surface area (TPSA) is 43.1 Å². The maximum atomic E-state index is 12.9. The lowest BCUT2D eigenvalue weighted by Crippen LogP contribution is -2.15. The van der Waals surface area contributed by atoms with Crippen LogP contribution in [-0.2, 0) is 0 Å². The zero-order valence-electron chi connectivity index (χ0n) is 6.80. The first kappa shape index (κ1) is 8.87. The van der Waals surface area contributed by atoms with Gasteiger partial charge < -0.3 is 5.73 Å². The fraction of sp³-hybridized carbons (Fsp3) is 0.222. The van der Waals surface area contributed by atoms with E-state index >= 15 is 0 Å².